The van der Waals surface area contributed by atoms with Crippen molar-refractivity contribution in [2.24, 2.45) is 0 Å². The SMILES string of the molecule is CC(=O)N[C@@H](C)CCc1ccc(Oc2ccc(OC(C)C)cc2)cc1. The van der Waals surface area contributed by atoms with Crippen molar-refractivity contribution in [2.75, 3.05) is 0 Å². The Morgan fingerprint density at radius 3 is 1.96 bits per heavy atom. The lowest BCUT2D eigenvalue weighted by Crippen LogP contribution is -2.30. The Hall–Kier alpha value is -2.49. The molecule has 0 fully saturated rings. The molecule has 134 valence electrons. The monoisotopic (exact) mass is 341 g/mol. The fraction of sp³-hybridized carbons (Fsp3) is 0.381. The van der Waals surface area contributed by atoms with Gasteiger partial charge in [-0.2, -0.15) is 0 Å². The molecule has 2 aromatic carbocycles. The van der Waals surface area contributed by atoms with Crippen LogP contribution >= 0.6 is 0 Å². The molecule has 0 bridgehead atoms. The van der Waals surface area contributed by atoms with Gasteiger partial charge in [-0.25, -0.2) is 0 Å². The molecule has 4 nitrogen and oxygen atoms in total. The predicted octanol–water partition coefficient (Wildman–Crippen LogP) is 4.72. The molecule has 0 unspecified atom stereocenters. The van der Waals surface area contributed by atoms with Crippen molar-refractivity contribution in [2.45, 2.75) is 52.7 Å². The van der Waals surface area contributed by atoms with Crippen LogP contribution in [0.4, 0.5) is 0 Å². The van der Waals surface area contributed by atoms with Crippen LogP contribution < -0.4 is 14.8 Å². The largest absolute Gasteiger partial charge is 0.491 e. The summed E-state index contributed by atoms with van der Waals surface area (Å²) >= 11 is 0. The molecule has 0 heterocycles. The molecule has 0 aliphatic heterocycles. The molecule has 1 atom stereocenters. The summed E-state index contributed by atoms with van der Waals surface area (Å²) in [7, 11) is 0. The van der Waals surface area contributed by atoms with Gasteiger partial charge in [0.2, 0.25) is 5.91 Å². The van der Waals surface area contributed by atoms with E-state index in [1.54, 1.807) is 6.92 Å². The van der Waals surface area contributed by atoms with Gasteiger partial charge in [0, 0.05) is 13.0 Å². The maximum absolute atomic E-state index is 11.0. The zero-order valence-corrected chi connectivity index (χ0v) is 15.4. The number of hydrogen-bond donors (Lipinski definition) is 1. The van der Waals surface area contributed by atoms with E-state index in [2.05, 4.69) is 17.4 Å². The third kappa shape index (κ3) is 6.87. The van der Waals surface area contributed by atoms with Gasteiger partial charge in [-0.1, -0.05) is 12.1 Å². The topological polar surface area (TPSA) is 47.6 Å². The van der Waals surface area contributed by atoms with Gasteiger partial charge in [0.25, 0.3) is 0 Å². The average molecular weight is 341 g/mol. The zero-order valence-electron chi connectivity index (χ0n) is 15.4. The lowest BCUT2D eigenvalue weighted by molar-refractivity contribution is -0.119. The molecule has 0 radical (unpaired) electrons. The first-order chi connectivity index (χ1) is 11.9. The Bertz CT molecular complexity index is 663. The molecule has 0 saturated carbocycles. The third-order valence-electron chi connectivity index (χ3n) is 3.67. The number of hydrogen-bond acceptors (Lipinski definition) is 3. The van der Waals surface area contributed by atoms with E-state index in [4.69, 9.17) is 9.47 Å². The molecule has 0 aliphatic carbocycles. The Morgan fingerprint density at radius 2 is 1.44 bits per heavy atom. The van der Waals surface area contributed by atoms with Crippen molar-refractivity contribution >= 4 is 5.91 Å². The number of aryl methyl sites for hydroxylation is 1. The summed E-state index contributed by atoms with van der Waals surface area (Å²) in [6.07, 6.45) is 1.99. The second-order valence-corrected chi connectivity index (χ2v) is 6.52. The Morgan fingerprint density at radius 1 is 0.920 bits per heavy atom. The van der Waals surface area contributed by atoms with Crippen LogP contribution in [0.1, 0.15) is 39.7 Å². The first kappa shape index (κ1) is 18.8. The first-order valence-corrected chi connectivity index (χ1v) is 8.73. The molecule has 0 aliphatic rings. The molecule has 1 amide bonds. The van der Waals surface area contributed by atoms with Crippen molar-refractivity contribution in [1.82, 2.24) is 5.32 Å². The van der Waals surface area contributed by atoms with Crippen molar-refractivity contribution < 1.29 is 14.3 Å². The van der Waals surface area contributed by atoms with Crippen LogP contribution in [-0.2, 0) is 11.2 Å². The van der Waals surface area contributed by atoms with Crippen molar-refractivity contribution in [3.05, 3.63) is 54.1 Å². The van der Waals surface area contributed by atoms with E-state index in [1.165, 1.54) is 5.56 Å². The lowest BCUT2D eigenvalue weighted by atomic mass is 10.1. The minimum Gasteiger partial charge on any atom is -0.491 e. The maximum Gasteiger partial charge on any atom is 0.217 e. The highest BCUT2D eigenvalue weighted by Crippen LogP contribution is 2.24. The minimum absolute atomic E-state index is 0.0149. The van der Waals surface area contributed by atoms with Crippen LogP contribution in [0.5, 0.6) is 17.2 Å². The van der Waals surface area contributed by atoms with E-state index in [0.29, 0.717) is 0 Å². The fourth-order valence-corrected chi connectivity index (χ4v) is 2.52. The summed E-state index contributed by atoms with van der Waals surface area (Å²) in [5, 5.41) is 2.90. The molecule has 1 N–H and O–H groups in total. The minimum atomic E-state index is 0.0149. The maximum atomic E-state index is 11.0. The zero-order chi connectivity index (χ0) is 18.2. The standard InChI is InChI=1S/C21H27NO3/c1-15(2)24-19-11-13-21(14-12-19)25-20-9-7-18(8-10-20)6-5-16(3)22-17(4)23/h7-16H,5-6H2,1-4H3,(H,22,23)/t16-/m0/s1. The van der Waals surface area contributed by atoms with Crippen molar-refractivity contribution in [3.8, 4) is 17.2 Å². The van der Waals surface area contributed by atoms with Gasteiger partial charge in [0.05, 0.1) is 6.10 Å². The van der Waals surface area contributed by atoms with Crippen LogP contribution in [0.3, 0.4) is 0 Å². The van der Waals surface area contributed by atoms with E-state index in [1.807, 2.05) is 57.2 Å². The van der Waals surface area contributed by atoms with Crippen LogP contribution in [-0.4, -0.2) is 18.1 Å². The molecular formula is C21H27NO3. The van der Waals surface area contributed by atoms with Gasteiger partial charge < -0.3 is 14.8 Å². The number of benzene rings is 2. The summed E-state index contributed by atoms with van der Waals surface area (Å²) in [5.74, 6) is 2.44. The first-order valence-electron chi connectivity index (χ1n) is 8.73. The van der Waals surface area contributed by atoms with Crippen LogP contribution in [0.25, 0.3) is 0 Å². The Balaban J connectivity index is 1.86. The molecule has 2 rings (SSSR count). The number of carbonyl (C=O) groups excluding carboxylic acids is 1. The summed E-state index contributed by atoms with van der Waals surface area (Å²) in [6.45, 7) is 7.57. The molecule has 0 saturated heterocycles. The van der Waals surface area contributed by atoms with Crippen molar-refractivity contribution in [1.29, 1.82) is 0 Å². The molecule has 0 aromatic heterocycles. The van der Waals surface area contributed by atoms with Gasteiger partial charge in [-0.05, 0) is 75.6 Å². The number of amides is 1. The second-order valence-electron chi connectivity index (χ2n) is 6.52. The number of nitrogens with one attached hydrogen (secondary N) is 1. The number of ether oxygens (including phenoxy) is 2. The quantitative estimate of drug-likeness (QED) is 0.755. The van der Waals surface area contributed by atoms with Crippen LogP contribution in [0.2, 0.25) is 0 Å². The second kappa shape index (κ2) is 9.11. The fourth-order valence-electron chi connectivity index (χ4n) is 2.52. The summed E-state index contributed by atoms with van der Waals surface area (Å²) in [5.41, 5.74) is 1.23. The number of carbonyl (C=O) groups is 1. The van der Waals surface area contributed by atoms with Crippen LogP contribution in [0.15, 0.2) is 48.5 Å². The summed E-state index contributed by atoms with van der Waals surface area (Å²) in [6, 6.07) is 15.9. The molecule has 25 heavy (non-hydrogen) atoms. The lowest BCUT2D eigenvalue weighted by Gasteiger charge is -2.13. The van der Waals surface area contributed by atoms with Gasteiger partial charge in [0.15, 0.2) is 0 Å². The van der Waals surface area contributed by atoms with Crippen molar-refractivity contribution in [3.63, 3.8) is 0 Å². The Labute approximate surface area is 150 Å². The highest BCUT2D eigenvalue weighted by atomic mass is 16.5. The van der Waals surface area contributed by atoms with E-state index in [-0.39, 0.29) is 18.1 Å². The normalized spacial score (nSPS) is 11.9. The molecule has 4 heteroatoms. The number of rotatable bonds is 8. The average Bonchev–Trinajstić information content (AvgIpc) is 2.55. The smallest absolute Gasteiger partial charge is 0.217 e. The predicted molar refractivity (Wildman–Crippen MR) is 100 cm³/mol. The molecule has 2 aromatic rings. The molecule has 0 spiro atoms. The third-order valence-corrected chi connectivity index (χ3v) is 3.67. The van der Waals surface area contributed by atoms with E-state index < -0.39 is 0 Å². The van der Waals surface area contributed by atoms with E-state index in [0.717, 1.165) is 30.1 Å². The van der Waals surface area contributed by atoms with E-state index >= 15 is 0 Å². The van der Waals surface area contributed by atoms with Gasteiger partial charge >= 0.3 is 0 Å². The highest BCUT2D eigenvalue weighted by molar-refractivity contribution is 5.73. The highest BCUT2D eigenvalue weighted by Gasteiger charge is 2.05. The van der Waals surface area contributed by atoms with Gasteiger partial charge in [-0.15, -0.1) is 0 Å². The van der Waals surface area contributed by atoms with Gasteiger partial charge in [0.1, 0.15) is 17.2 Å². The summed E-state index contributed by atoms with van der Waals surface area (Å²) in [4.78, 5) is 11.0. The Kier molecular flexibility index (Phi) is 6.87. The van der Waals surface area contributed by atoms with Crippen LogP contribution in [0, 0.1) is 0 Å². The molecular weight excluding hydrogens is 314 g/mol. The van der Waals surface area contributed by atoms with Gasteiger partial charge in [-0.3, -0.25) is 4.79 Å². The summed E-state index contributed by atoms with van der Waals surface area (Å²) < 4.78 is 11.5. The van der Waals surface area contributed by atoms with E-state index in [9.17, 15) is 4.79 Å².